The Bertz CT molecular complexity index is 708. The van der Waals surface area contributed by atoms with E-state index in [1.807, 2.05) is 24.3 Å². The van der Waals surface area contributed by atoms with Crippen LogP contribution < -0.4 is 11.5 Å². The minimum absolute atomic E-state index is 0.407. The minimum Gasteiger partial charge on any atom is -0.319 e. The Morgan fingerprint density at radius 2 is 1.90 bits per heavy atom. The van der Waals surface area contributed by atoms with Gasteiger partial charge in [-0.05, 0) is 34.9 Å². The zero-order chi connectivity index (χ0) is 14.2. The number of benzene rings is 2. The molecule has 2 aromatic carbocycles. The number of allylic oxidation sites excluding steroid dienone is 1. The van der Waals surface area contributed by atoms with Gasteiger partial charge in [0, 0.05) is 10.7 Å². The molecule has 0 saturated heterocycles. The van der Waals surface area contributed by atoms with Gasteiger partial charge in [0.05, 0.1) is 5.54 Å². The summed E-state index contributed by atoms with van der Waals surface area (Å²) in [7, 11) is 0. The van der Waals surface area contributed by atoms with E-state index in [-0.39, 0.29) is 0 Å². The summed E-state index contributed by atoms with van der Waals surface area (Å²) in [5.41, 5.74) is 13.0. The lowest BCUT2D eigenvalue weighted by atomic mass is 9.86. The van der Waals surface area contributed by atoms with E-state index < -0.39 is 11.7 Å². The zero-order valence-electron chi connectivity index (χ0n) is 11.0. The predicted molar refractivity (Wildman–Crippen MR) is 87.9 cm³/mol. The molecule has 0 bridgehead atoms. The molecule has 20 heavy (non-hydrogen) atoms. The lowest BCUT2D eigenvalue weighted by Crippen LogP contribution is -2.55. The van der Waals surface area contributed by atoms with Gasteiger partial charge in [-0.3, -0.25) is 4.99 Å². The van der Waals surface area contributed by atoms with Crippen LogP contribution in [0.5, 0.6) is 0 Å². The third kappa shape index (κ3) is 2.30. The van der Waals surface area contributed by atoms with Crippen molar-refractivity contribution < 1.29 is 0 Å². The molecule has 3 nitrogen and oxygen atoms in total. The molecule has 2 unspecified atom stereocenters. The van der Waals surface area contributed by atoms with Gasteiger partial charge in [0.2, 0.25) is 0 Å². The van der Waals surface area contributed by atoms with Crippen LogP contribution in [0.2, 0.25) is 0 Å². The number of nitrogens with two attached hydrogens (primary N) is 2. The molecule has 2 atom stereocenters. The standard InChI is InChI=1S/C16H16BrN3/c17-14-7-6-11(12-4-1-2-5-13(12)14)10-16(19)8-3-9-20-15(16)18/h1-9,15H,10,18-19H2. The van der Waals surface area contributed by atoms with E-state index in [9.17, 15) is 0 Å². The Labute approximate surface area is 126 Å². The van der Waals surface area contributed by atoms with Crippen molar-refractivity contribution in [2.24, 2.45) is 16.5 Å². The van der Waals surface area contributed by atoms with Gasteiger partial charge < -0.3 is 11.5 Å². The first-order valence-electron chi connectivity index (χ1n) is 6.52. The zero-order valence-corrected chi connectivity index (χ0v) is 12.5. The molecule has 4 N–H and O–H groups in total. The van der Waals surface area contributed by atoms with Crippen LogP contribution in [0, 0.1) is 0 Å². The normalized spacial score (nSPS) is 25.2. The van der Waals surface area contributed by atoms with Crippen LogP contribution in [0.4, 0.5) is 0 Å². The van der Waals surface area contributed by atoms with Gasteiger partial charge in [0.1, 0.15) is 6.17 Å². The van der Waals surface area contributed by atoms with Crippen LogP contribution in [0.25, 0.3) is 10.8 Å². The summed E-state index contributed by atoms with van der Waals surface area (Å²) < 4.78 is 1.09. The summed E-state index contributed by atoms with van der Waals surface area (Å²) in [6, 6.07) is 12.4. The highest BCUT2D eigenvalue weighted by atomic mass is 79.9. The Morgan fingerprint density at radius 3 is 2.65 bits per heavy atom. The molecule has 4 heteroatoms. The van der Waals surface area contributed by atoms with Gasteiger partial charge in [-0.2, -0.15) is 0 Å². The summed E-state index contributed by atoms with van der Waals surface area (Å²) in [5, 5.41) is 2.38. The first-order chi connectivity index (χ1) is 9.60. The lowest BCUT2D eigenvalue weighted by molar-refractivity contribution is 0.427. The van der Waals surface area contributed by atoms with Gasteiger partial charge in [0.15, 0.2) is 0 Å². The maximum atomic E-state index is 6.43. The summed E-state index contributed by atoms with van der Waals surface area (Å²) in [6.45, 7) is 0. The molecule has 0 aromatic heterocycles. The lowest BCUT2D eigenvalue weighted by Gasteiger charge is -2.32. The fraction of sp³-hybridized carbons (Fsp3) is 0.188. The highest BCUT2D eigenvalue weighted by Gasteiger charge is 2.31. The van der Waals surface area contributed by atoms with Gasteiger partial charge in [-0.15, -0.1) is 0 Å². The van der Waals surface area contributed by atoms with Crippen molar-refractivity contribution in [1.82, 2.24) is 0 Å². The smallest absolute Gasteiger partial charge is 0.119 e. The number of hydrogen-bond donors (Lipinski definition) is 2. The summed E-state index contributed by atoms with van der Waals surface area (Å²) in [6.07, 6.45) is 5.77. The number of dihydropyridines is 1. The van der Waals surface area contributed by atoms with E-state index in [1.54, 1.807) is 6.21 Å². The van der Waals surface area contributed by atoms with Crippen molar-refractivity contribution in [3.63, 3.8) is 0 Å². The van der Waals surface area contributed by atoms with E-state index in [0.29, 0.717) is 6.42 Å². The van der Waals surface area contributed by atoms with E-state index in [1.165, 1.54) is 16.3 Å². The van der Waals surface area contributed by atoms with Gasteiger partial charge in [0.25, 0.3) is 0 Å². The van der Waals surface area contributed by atoms with Crippen LogP contribution in [-0.4, -0.2) is 17.9 Å². The third-order valence-electron chi connectivity index (χ3n) is 3.75. The van der Waals surface area contributed by atoms with Crippen LogP contribution in [0.3, 0.4) is 0 Å². The molecule has 1 aliphatic rings. The monoisotopic (exact) mass is 329 g/mol. The quantitative estimate of drug-likeness (QED) is 0.889. The average molecular weight is 330 g/mol. The molecule has 0 fully saturated rings. The van der Waals surface area contributed by atoms with Crippen molar-refractivity contribution in [1.29, 1.82) is 0 Å². The Morgan fingerprint density at radius 1 is 1.15 bits per heavy atom. The number of nitrogens with zero attached hydrogens (tertiary/aromatic N) is 1. The van der Waals surface area contributed by atoms with Crippen LogP contribution in [0.15, 0.2) is 58.0 Å². The topological polar surface area (TPSA) is 64.4 Å². The van der Waals surface area contributed by atoms with E-state index in [4.69, 9.17) is 11.5 Å². The second-order valence-electron chi connectivity index (χ2n) is 5.14. The molecule has 0 radical (unpaired) electrons. The maximum absolute atomic E-state index is 6.43. The SMILES string of the molecule is NC1N=CC=CC1(N)Cc1ccc(Br)c2ccccc12. The van der Waals surface area contributed by atoms with Crippen molar-refractivity contribution in [3.8, 4) is 0 Å². The van der Waals surface area contributed by atoms with Crippen LogP contribution in [0.1, 0.15) is 5.56 Å². The fourth-order valence-corrected chi connectivity index (χ4v) is 3.05. The molecule has 2 aromatic rings. The van der Waals surface area contributed by atoms with Crippen molar-refractivity contribution in [2.45, 2.75) is 18.1 Å². The minimum atomic E-state index is -0.634. The highest BCUT2D eigenvalue weighted by molar-refractivity contribution is 9.10. The highest BCUT2D eigenvalue weighted by Crippen LogP contribution is 2.29. The summed E-state index contributed by atoms with van der Waals surface area (Å²) in [5.74, 6) is 0. The second kappa shape index (κ2) is 5.13. The Kier molecular flexibility index (Phi) is 3.46. The molecular formula is C16H16BrN3. The van der Waals surface area contributed by atoms with Crippen molar-refractivity contribution >= 4 is 32.9 Å². The summed E-state index contributed by atoms with van der Waals surface area (Å²) in [4.78, 5) is 4.21. The molecule has 0 saturated carbocycles. The number of rotatable bonds is 2. The molecule has 0 amide bonds. The predicted octanol–water partition coefficient (Wildman–Crippen LogP) is 2.77. The van der Waals surface area contributed by atoms with Gasteiger partial charge in [-0.1, -0.05) is 52.3 Å². The molecule has 3 rings (SSSR count). The maximum Gasteiger partial charge on any atom is 0.119 e. The van der Waals surface area contributed by atoms with Gasteiger partial charge in [-0.25, -0.2) is 0 Å². The third-order valence-corrected chi connectivity index (χ3v) is 4.44. The molecule has 0 aliphatic carbocycles. The Hall–Kier alpha value is -1.49. The van der Waals surface area contributed by atoms with Crippen LogP contribution >= 0.6 is 15.9 Å². The first-order valence-corrected chi connectivity index (χ1v) is 7.31. The molecule has 1 heterocycles. The van der Waals surface area contributed by atoms with E-state index in [2.05, 4.69) is 45.2 Å². The fourth-order valence-electron chi connectivity index (χ4n) is 2.57. The second-order valence-corrected chi connectivity index (χ2v) is 6.00. The van der Waals surface area contributed by atoms with E-state index in [0.717, 1.165) is 4.47 Å². The van der Waals surface area contributed by atoms with Crippen molar-refractivity contribution in [2.75, 3.05) is 0 Å². The van der Waals surface area contributed by atoms with Crippen molar-refractivity contribution in [3.05, 3.63) is 58.6 Å². The molecular weight excluding hydrogens is 314 g/mol. The van der Waals surface area contributed by atoms with Crippen LogP contribution in [-0.2, 0) is 6.42 Å². The number of halogens is 1. The number of hydrogen-bond acceptors (Lipinski definition) is 3. The number of aliphatic imine (C=N–C) groups is 1. The summed E-state index contributed by atoms with van der Waals surface area (Å²) >= 11 is 3.59. The average Bonchev–Trinajstić information content (AvgIpc) is 2.46. The largest absolute Gasteiger partial charge is 0.319 e. The van der Waals surface area contributed by atoms with E-state index >= 15 is 0 Å². The number of fused-ring (bicyclic) bond motifs is 1. The molecule has 1 aliphatic heterocycles. The Balaban J connectivity index is 2.06. The molecule has 0 spiro atoms. The van der Waals surface area contributed by atoms with Gasteiger partial charge >= 0.3 is 0 Å². The molecule has 102 valence electrons. The first kappa shape index (κ1) is 13.5.